The van der Waals surface area contributed by atoms with Gasteiger partial charge in [0.2, 0.25) is 0 Å². The van der Waals surface area contributed by atoms with Crippen LogP contribution in [0.3, 0.4) is 0 Å². The first-order chi connectivity index (χ1) is 13.1. The zero-order valence-electron chi connectivity index (χ0n) is 15.5. The quantitative estimate of drug-likeness (QED) is 0.878. The van der Waals surface area contributed by atoms with Crippen LogP contribution >= 0.6 is 0 Å². The molecule has 2 aliphatic rings. The molecular formula is C20H24N4O3. The second-order valence-electron chi connectivity index (χ2n) is 7.11. The number of anilines is 1. The van der Waals surface area contributed by atoms with Crippen molar-refractivity contribution in [3.05, 3.63) is 57.6 Å². The number of nitrogens with zero attached hydrogens (tertiary/aromatic N) is 3. The van der Waals surface area contributed by atoms with Gasteiger partial charge in [-0.05, 0) is 36.5 Å². The lowest BCUT2D eigenvalue weighted by Gasteiger charge is -2.33. The lowest BCUT2D eigenvalue weighted by molar-refractivity contribution is -0.0150. The molecule has 0 unspecified atom stereocenters. The van der Waals surface area contributed by atoms with Crippen molar-refractivity contribution in [1.29, 1.82) is 0 Å². The SMILES string of the molecule is Cn1ccnc(NC[C@@H]2CN(C(=O)c3cccc4c3CCC4)CCO2)c1=O. The van der Waals surface area contributed by atoms with Crippen molar-refractivity contribution in [3.8, 4) is 0 Å². The van der Waals surface area contributed by atoms with Crippen LogP contribution in [0.4, 0.5) is 5.82 Å². The Bertz CT molecular complexity index is 908. The minimum absolute atomic E-state index is 0.0794. The third kappa shape index (κ3) is 3.60. The summed E-state index contributed by atoms with van der Waals surface area (Å²) in [4.78, 5) is 31.0. The van der Waals surface area contributed by atoms with Crippen LogP contribution in [0.25, 0.3) is 0 Å². The molecule has 1 atom stereocenters. The van der Waals surface area contributed by atoms with E-state index in [1.54, 1.807) is 19.4 Å². The molecule has 0 radical (unpaired) electrons. The molecule has 1 aliphatic carbocycles. The van der Waals surface area contributed by atoms with Gasteiger partial charge in [-0.2, -0.15) is 0 Å². The summed E-state index contributed by atoms with van der Waals surface area (Å²) in [5, 5.41) is 3.06. The van der Waals surface area contributed by atoms with Crippen LogP contribution in [0, 0.1) is 0 Å². The van der Waals surface area contributed by atoms with Crippen molar-refractivity contribution in [2.24, 2.45) is 7.05 Å². The van der Waals surface area contributed by atoms with E-state index >= 15 is 0 Å². The molecule has 2 aromatic rings. The molecule has 1 fully saturated rings. The molecular weight excluding hydrogens is 344 g/mol. The fourth-order valence-corrected chi connectivity index (χ4v) is 3.85. The number of benzene rings is 1. The molecule has 4 rings (SSSR count). The first-order valence-electron chi connectivity index (χ1n) is 9.40. The summed E-state index contributed by atoms with van der Waals surface area (Å²) in [5.74, 6) is 0.378. The maximum atomic E-state index is 13.1. The van der Waals surface area contributed by atoms with Crippen LogP contribution in [0.1, 0.15) is 27.9 Å². The Morgan fingerprint density at radius 3 is 3.15 bits per heavy atom. The van der Waals surface area contributed by atoms with Crippen LogP contribution in [0.2, 0.25) is 0 Å². The van der Waals surface area contributed by atoms with Gasteiger partial charge in [0.1, 0.15) is 0 Å². The zero-order chi connectivity index (χ0) is 18.8. The Morgan fingerprint density at radius 2 is 2.26 bits per heavy atom. The number of carbonyl (C=O) groups is 1. The van der Waals surface area contributed by atoms with Gasteiger partial charge in [-0.25, -0.2) is 4.98 Å². The number of aryl methyl sites for hydroxylation is 2. The van der Waals surface area contributed by atoms with E-state index in [0.29, 0.717) is 32.1 Å². The molecule has 0 saturated carbocycles. The van der Waals surface area contributed by atoms with E-state index in [-0.39, 0.29) is 17.6 Å². The average Bonchev–Trinajstić information content (AvgIpc) is 3.18. The van der Waals surface area contributed by atoms with E-state index in [1.165, 1.54) is 15.7 Å². The summed E-state index contributed by atoms with van der Waals surface area (Å²) in [6, 6.07) is 6.04. The van der Waals surface area contributed by atoms with E-state index in [0.717, 1.165) is 24.8 Å². The number of aromatic nitrogens is 2. The Labute approximate surface area is 158 Å². The highest BCUT2D eigenvalue weighted by Gasteiger charge is 2.28. The monoisotopic (exact) mass is 368 g/mol. The second-order valence-corrected chi connectivity index (χ2v) is 7.11. The Balaban J connectivity index is 1.42. The van der Waals surface area contributed by atoms with E-state index < -0.39 is 0 Å². The Hall–Kier alpha value is -2.67. The molecule has 1 saturated heterocycles. The Kier molecular flexibility index (Phi) is 4.94. The zero-order valence-corrected chi connectivity index (χ0v) is 15.5. The predicted molar refractivity (Wildman–Crippen MR) is 102 cm³/mol. The first kappa shape index (κ1) is 17.7. The number of amides is 1. The third-order valence-electron chi connectivity index (χ3n) is 5.32. The number of carbonyl (C=O) groups excluding carboxylic acids is 1. The van der Waals surface area contributed by atoms with E-state index in [2.05, 4.69) is 16.4 Å². The van der Waals surface area contributed by atoms with Crippen LogP contribution in [0.15, 0.2) is 35.4 Å². The van der Waals surface area contributed by atoms with E-state index in [1.807, 2.05) is 17.0 Å². The third-order valence-corrected chi connectivity index (χ3v) is 5.32. The Morgan fingerprint density at radius 1 is 1.37 bits per heavy atom. The smallest absolute Gasteiger partial charge is 0.293 e. The number of nitrogens with one attached hydrogen (secondary N) is 1. The molecule has 2 heterocycles. The van der Waals surface area contributed by atoms with Crippen molar-refractivity contribution in [3.63, 3.8) is 0 Å². The summed E-state index contributed by atoms with van der Waals surface area (Å²) in [6.07, 6.45) is 6.18. The number of ether oxygens (including phenoxy) is 1. The van der Waals surface area contributed by atoms with E-state index in [4.69, 9.17) is 4.74 Å². The number of hydrogen-bond donors (Lipinski definition) is 1. The first-order valence-corrected chi connectivity index (χ1v) is 9.40. The fourth-order valence-electron chi connectivity index (χ4n) is 3.85. The lowest BCUT2D eigenvalue weighted by Crippen LogP contribution is -2.48. The summed E-state index contributed by atoms with van der Waals surface area (Å²) in [7, 11) is 1.69. The van der Waals surface area contributed by atoms with Crippen LogP contribution in [-0.4, -0.2) is 52.7 Å². The normalized spacial score (nSPS) is 19.0. The van der Waals surface area contributed by atoms with Gasteiger partial charge in [0.25, 0.3) is 11.5 Å². The van der Waals surface area contributed by atoms with Gasteiger partial charge in [0.15, 0.2) is 5.82 Å². The molecule has 0 spiro atoms. The van der Waals surface area contributed by atoms with Gasteiger partial charge in [-0.1, -0.05) is 12.1 Å². The van der Waals surface area contributed by atoms with Gasteiger partial charge in [0, 0.05) is 44.6 Å². The van der Waals surface area contributed by atoms with Gasteiger partial charge in [0.05, 0.1) is 12.7 Å². The molecule has 1 amide bonds. The number of rotatable bonds is 4. The van der Waals surface area contributed by atoms with Crippen LogP contribution in [0.5, 0.6) is 0 Å². The number of hydrogen-bond acceptors (Lipinski definition) is 5. The van der Waals surface area contributed by atoms with Crippen molar-refractivity contribution in [1.82, 2.24) is 14.5 Å². The summed E-state index contributed by atoms with van der Waals surface area (Å²) >= 11 is 0. The fraction of sp³-hybridized carbons (Fsp3) is 0.450. The topological polar surface area (TPSA) is 76.5 Å². The van der Waals surface area contributed by atoms with Crippen LogP contribution < -0.4 is 10.9 Å². The van der Waals surface area contributed by atoms with Crippen molar-refractivity contribution in [2.45, 2.75) is 25.4 Å². The molecule has 142 valence electrons. The number of fused-ring (bicyclic) bond motifs is 1. The summed E-state index contributed by atoms with van der Waals surface area (Å²) in [5.41, 5.74) is 3.16. The van der Waals surface area contributed by atoms with Crippen molar-refractivity contribution < 1.29 is 9.53 Å². The molecule has 1 aromatic carbocycles. The minimum Gasteiger partial charge on any atom is -0.373 e. The molecule has 1 aromatic heterocycles. The van der Waals surface area contributed by atoms with Gasteiger partial charge in [-0.15, -0.1) is 0 Å². The van der Waals surface area contributed by atoms with Gasteiger partial charge < -0.3 is 19.5 Å². The molecule has 7 heteroatoms. The standard InChI is InChI=1S/C20H24N4O3/c1-23-9-8-21-18(20(23)26)22-12-15-13-24(10-11-27-15)19(25)17-7-3-5-14-4-2-6-16(14)17/h3,5,7-9,15H,2,4,6,10-13H2,1H3,(H,21,22)/t15-/m1/s1. The highest BCUT2D eigenvalue weighted by atomic mass is 16.5. The molecule has 7 nitrogen and oxygen atoms in total. The van der Waals surface area contributed by atoms with Crippen LogP contribution in [-0.2, 0) is 24.6 Å². The maximum Gasteiger partial charge on any atom is 0.293 e. The largest absolute Gasteiger partial charge is 0.373 e. The maximum absolute atomic E-state index is 13.1. The summed E-state index contributed by atoms with van der Waals surface area (Å²) in [6.45, 7) is 2.02. The summed E-state index contributed by atoms with van der Waals surface area (Å²) < 4.78 is 7.26. The average molecular weight is 368 g/mol. The van der Waals surface area contributed by atoms with E-state index in [9.17, 15) is 9.59 Å². The molecule has 0 bridgehead atoms. The molecule has 27 heavy (non-hydrogen) atoms. The predicted octanol–water partition coefficient (Wildman–Crippen LogP) is 1.22. The van der Waals surface area contributed by atoms with Crippen molar-refractivity contribution in [2.75, 3.05) is 31.6 Å². The minimum atomic E-state index is -0.180. The lowest BCUT2D eigenvalue weighted by atomic mass is 10.0. The number of morpholine rings is 1. The molecule has 1 N–H and O–H groups in total. The second kappa shape index (κ2) is 7.52. The van der Waals surface area contributed by atoms with Gasteiger partial charge in [-0.3, -0.25) is 9.59 Å². The van der Waals surface area contributed by atoms with Crippen molar-refractivity contribution >= 4 is 11.7 Å². The molecule has 1 aliphatic heterocycles. The highest BCUT2D eigenvalue weighted by molar-refractivity contribution is 5.96. The highest BCUT2D eigenvalue weighted by Crippen LogP contribution is 2.26. The van der Waals surface area contributed by atoms with Gasteiger partial charge >= 0.3 is 0 Å².